The normalized spacial score (nSPS) is 9.39. The van der Waals surface area contributed by atoms with E-state index < -0.39 is 8.07 Å². The van der Waals surface area contributed by atoms with Crippen molar-refractivity contribution in [3.63, 3.8) is 0 Å². The van der Waals surface area contributed by atoms with E-state index in [2.05, 4.69) is 65.3 Å². The van der Waals surface area contributed by atoms with Crippen LogP contribution in [0.2, 0.25) is 19.6 Å². The molecule has 0 spiro atoms. The summed E-state index contributed by atoms with van der Waals surface area (Å²) in [4.78, 5) is 4.46. The maximum absolute atomic E-state index is 4.46. The Kier molecular flexibility index (Phi) is 9.76. The number of hydrogen-bond donors (Lipinski definition) is 0. The first-order valence-electron chi connectivity index (χ1n) is 8.24. The van der Waals surface area contributed by atoms with E-state index in [4.69, 9.17) is 0 Å². The van der Waals surface area contributed by atoms with Crippen molar-refractivity contribution in [2.75, 3.05) is 0 Å². The Morgan fingerprint density at radius 1 is 1.00 bits per heavy atom. The summed E-state index contributed by atoms with van der Waals surface area (Å²) >= 11 is 0. The monoisotopic (exact) mass is 327 g/mol. The van der Waals surface area contributed by atoms with Gasteiger partial charge in [0, 0.05) is 5.56 Å². The fourth-order valence-corrected chi connectivity index (χ4v) is 2.03. The lowest BCUT2D eigenvalue weighted by Gasteiger charge is -2.03. The average Bonchev–Trinajstić information content (AvgIpc) is 2.56. The van der Waals surface area contributed by atoms with E-state index in [1.54, 1.807) is 6.20 Å². The minimum atomic E-state index is -1.41. The lowest BCUT2D eigenvalue weighted by molar-refractivity contribution is 0.952. The number of rotatable bonds is 1. The first-order chi connectivity index (χ1) is 10.9. The quantitative estimate of drug-likeness (QED) is 0.538. The van der Waals surface area contributed by atoms with Crippen molar-refractivity contribution in [1.82, 2.24) is 15.2 Å². The van der Waals surface area contributed by atoms with Crippen molar-refractivity contribution < 1.29 is 0 Å². The molecule has 1 heterocycles. The Hall–Kier alpha value is -1.99. The Labute approximate surface area is 142 Å². The zero-order valence-corrected chi connectivity index (χ0v) is 16.7. The molecule has 0 atom stereocenters. The smallest absolute Gasteiger partial charge is 0.218 e. The van der Waals surface area contributed by atoms with Gasteiger partial charge in [0.1, 0.15) is 8.07 Å². The number of nitrogens with zero attached hydrogens (tertiary/aromatic N) is 3. The minimum absolute atomic E-state index is 0.501. The van der Waals surface area contributed by atoms with Gasteiger partial charge in [-0.1, -0.05) is 71.1 Å². The van der Waals surface area contributed by atoms with Crippen molar-refractivity contribution in [3.8, 4) is 22.7 Å². The fourth-order valence-electron chi connectivity index (χ4n) is 1.54. The summed E-state index contributed by atoms with van der Waals surface area (Å²) < 4.78 is 0. The van der Waals surface area contributed by atoms with Crippen LogP contribution in [0.1, 0.15) is 39.1 Å². The molecule has 0 N–H and O–H groups in total. The summed E-state index contributed by atoms with van der Waals surface area (Å²) in [7, 11) is -1.41. The zero-order valence-electron chi connectivity index (χ0n) is 15.7. The molecule has 0 amide bonds. The van der Waals surface area contributed by atoms with Crippen molar-refractivity contribution in [2.45, 2.75) is 54.3 Å². The van der Waals surface area contributed by atoms with Crippen LogP contribution in [0.3, 0.4) is 0 Å². The van der Waals surface area contributed by atoms with Crippen LogP contribution in [-0.2, 0) is 0 Å². The van der Waals surface area contributed by atoms with Crippen molar-refractivity contribution in [3.05, 3.63) is 41.9 Å². The van der Waals surface area contributed by atoms with E-state index in [0.717, 1.165) is 11.3 Å². The summed E-state index contributed by atoms with van der Waals surface area (Å²) in [6, 6.07) is 8.18. The van der Waals surface area contributed by atoms with E-state index in [1.807, 2.05) is 39.8 Å². The molecule has 0 aliphatic carbocycles. The van der Waals surface area contributed by atoms with E-state index >= 15 is 0 Å². The van der Waals surface area contributed by atoms with Crippen LogP contribution in [0.4, 0.5) is 0 Å². The first-order valence-corrected chi connectivity index (χ1v) is 11.7. The highest BCUT2D eigenvalue weighted by molar-refractivity contribution is 6.83. The molecule has 0 saturated heterocycles. The lowest BCUT2D eigenvalue weighted by Crippen LogP contribution is -2.16. The highest BCUT2D eigenvalue weighted by atomic mass is 28.3. The number of hydrogen-bond acceptors (Lipinski definition) is 3. The van der Waals surface area contributed by atoms with Crippen LogP contribution >= 0.6 is 0 Å². The van der Waals surface area contributed by atoms with E-state index in [0.29, 0.717) is 5.82 Å². The van der Waals surface area contributed by atoms with Gasteiger partial charge in [-0.25, -0.2) is 4.98 Å². The fraction of sp³-hybridized carbons (Fsp3) is 0.421. The second kappa shape index (κ2) is 10.7. The van der Waals surface area contributed by atoms with Crippen LogP contribution < -0.4 is 0 Å². The topological polar surface area (TPSA) is 38.7 Å². The van der Waals surface area contributed by atoms with Gasteiger partial charge in [0.15, 0.2) is 0 Å². The summed E-state index contributed by atoms with van der Waals surface area (Å²) in [6.45, 7) is 16.6. The Morgan fingerprint density at radius 3 is 2.22 bits per heavy atom. The third kappa shape index (κ3) is 8.27. The molecular weight excluding hydrogens is 298 g/mol. The standard InChI is InChI=1S/C15H17N3Si.2C2H6/c1-12-6-5-7-13(10-12)14-11-16-18-15(17-14)8-9-19(2,3)4;2*1-2/h5-7,10-11H,1-4H3;2*1-2H3. The Balaban J connectivity index is 0.00000112. The van der Waals surface area contributed by atoms with E-state index in [-0.39, 0.29) is 0 Å². The predicted octanol–water partition coefficient (Wildman–Crippen LogP) is 5.13. The molecule has 3 nitrogen and oxygen atoms in total. The number of aryl methyl sites for hydroxylation is 1. The van der Waals surface area contributed by atoms with Gasteiger partial charge < -0.3 is 0 Å². The van der Waals surface area contributed by atoms with Gasteiger partial charge in [0.25, 0.3) is 0 Å². The van der Waals surface area contributed by atoms with Crippen molar-refractivity contribution in [2.24, 2.45) is 0 Å². The highest BCUT2D eigenvalue weighted by Crippen LogP contribution is 2.16. The second-order valence-corrected chi connectivity index (χ2v) is 10.3. The molecule has 0 saturated carbocycles. The Morgan fingerprint density at radius 2 is 1.65 bits per heavy atom. The Bertz CT molecular complexity index is 649. The van der Waals surface area contributed by atoms with Gasteiger partial charge >= 0.3 is 0 Å². The van der Waals surface area contributed by atoms with Crippen LogP contribution in [0.25, 0.3) is 11.3 Å². The van der Waals surface area contributed by atoms with Crippen LogP contribution in [-0.4, -0.2) is 23.3 Å². The third-order valence-corrected chi connectivity index (χ3v) is 3.30. The van der Waals surface area contributed by atoms with Gasteiger partial charge in [0.2, 0.25) is 5.82 Å². The van der Waals surface area contributed by atoms with Gasteiger partial charge in [-0.05, 0) is 18.9 Å². The van der Waals surface area contributed by atoms with Crippen molar-refractivity contribution in [1.29, 1.82) is 0 Å². The second-order valence-electron chi connectivity index (χ2n) is 5.53. The molecule has 0 aliphatic rings. The summed E-state index contributed by atoms with van der Waals surface area (Å²) in [5, 5.41) is 7.97. The molecule has 1 aromatic heterocycles. The van der Waals surface area contributed by atoms with Crippen molar-refractivity contribution >= 4 is 8.07 Å². The highest BCUT2D eigenvalue weighted by Gasteiger charge is 2.08. The summed E-state index contributed by atoms with van der Waals surface area (Å²) in [5.41, 5.74) is 6.32. The zero-order chi connectivity index (χ0) is 17.9. The summed E-state index contributed by atoms with van der Waals surface area (Å²) in [6.07, 6.45) is 1.68. The molecule has 2 aromatic rings. The molecule has 0 bridgehead atoms. The van der Waals surface area contributed by atoms with Gasteiger partial charge in [0.05, 0.1) is 11.9 Å². The largest absolute Gasteiger partial charge is 0.225 e. The first kappa shape index (κ1) is 21.0. The van der Waals surface area contributed by atoms with Gasteiger partial charge in [-0.15, -0.1) is 10.6 Å². The molecular formula is C19H29N3Si. The maximum atomic E-state index is 4.46. The molecule has 0 fully saturated rings. The van der Waals surface area contributed by atoms with E-state index in [9.17, 15) is 0 Å². The predicted molar refractivity (Wildman–Crippen MR) is 103 cm³/mol. The molecule has 0 aliphatic heterocycles. The molecule has 0 radical (unpaired) electrons. The van der Waals surface area contributed by atoms with Crippen LogP contribution in [0, 0.1) is 18.4 Å². The SMILES string of the molecule is CC.CC.Cc1cccc(-c2cnnc(C#C[Si](C)(C)C)n2)c1. The maximum Gasteiger partial charge on any atom is 0.225 e. The molecule has 1 aromatic carbocycles. The molecule has 4 heteroatoms. The van der Waals surface area contributed by atoms with Gasteiger partial charge in [-0.2, -0.15) is 5.10 Å². The minimum Gasteiger partial charge on any atom is -0.218 e. The molecule has 0 unspecified atom stereocenters. The molecule has 124 valence electrons. The average molecular weight is 328 g/mol. The lowest BCUT2D eigenvalue weighted by atomic mass is 10.1. The van der Waals surface area contributed by atoms with E-state index in [1.165, 1.54) is 5.56 Å². The third-order valence-electron chi connectivity index (χ3n) is 2.42. The van der Waals surface area contributed by atoms with Crippen LogP contribution in [0.15, 0.2) is 30.5 Å². The number of benzene rings is 1. The number of aromatic nitrogens is 3. The van der Waals surface area contributed by atoms with Gasteiger partial charge in [-0.3, -0.25) is 0 Å². The summed E-state index contributed by atoms with van der Waals surface area (Å²) in [5.74, 6) is 3.54. The molecule has 23 heavy (non-hydrogen) atoms. The van der Waals surface area contributed by atoms with Crippen LogP contribution in [0.5, 0.6) is 0 Å². The molecule has 2 rings (SSSR count).